The van der Waals surface area contributed by atoms with Gasteiger partial charge in [0.2, 0.25) is 0 Å². The monoisotopic (exact) mass is 184 g/mol. The van der Waals surface area contributed by atoms with Crippen molar-refractivity contribution in [2.24, 2.45) is 0 Å². The zero-order valence-electron chi connectivity index (χ0n) is 6.14. The van der Waals surface area contributed by atoms with Gasteiger partial charge in [0.15, 0.2) is 0 Å². The third kappa shape index (κ3) is 1.66. The Morgan fingerprint density at radius 3 is 2.83 bits per heavy atom. The summed E-state index contributed by atoms with van der Waals surface area (Å²) in [5, 5.41) is 8.36. The second kappa shape index (κ2) is 3.42. The van der Waals surface area contributed by atoms with E-state index in [9.17, 15) is 4.39 Å². The van der Waals surface area contributed by atoms with Crippen LogP contribution in [-0.2, 0) is 6.42 Å². The number of nitrogens with two attached hydrogens (primary N) is 1. The highest BCUT2D eigenvalue weighted by Gasteiger charge is 2.04. The lowest BCUT2D eigenvalue weighted by atomic mass is 10.1. The first kappa shape index (κ1) is 8.82. The van der Waals surface area contributed by atoms with Crippen LogP contribution in [-0.4, -0.2) is 0 Å². The number of nitrogen functional groups attached to an aromatic ring is 1. The molecular weight excluding hydrogens is 179 g/mol. The highest BCUT2D eigenvalue weighted by molar-refractivity contribution is 6.30. The van der Waals surface area contributed by atoms with Crippen LogP contribution in [0.25, 0.3) is 0 Å². The number of halogens is 2. The van der Waals surface area contributed by atoms with Gasteiger partial charge < -0.3 is 5.73 Å². The molecule has 0 spiro atoms. The van der Waals surface area contributed by atoms with E-state index < -0.39 is 5.82 Å². The Labute approximate surface area is 74.4 Å². The second-order valence-electron chi connectivity index (χ2n) is 2.30. The molecule has 0 aliphatic rings. The quantitative estimate of drug-likeness (QED) is 0.680. The molecule has 2 N–H and O–H groups in total. The molecule has 0 fully saturated rings. The predicted octanol–water partition coefficient (Wildman–Crippen LogP) is 2.13. The first-order valence-electron chi connectivity index (χ1n) is 3.25. The van der Waals surface area contributed by atoms with E-state index in [-0.39, 0.29) is 17.1 Å². The van der Waals surface area contributed by atoms with Crippen molar-refractivity contribution in [1.82, 2.24) is 0 Å². The highest BCUT2D eigenvalue weighted by Crippen LogP contribution is 2.21. The summed E-state index contributed by atoms with van der Waals surface area (Å²) < 4.78 is 12.7. The van der Waals surface area contributed by atoms with Crippen molar-refractivity contribution in [2.75, 3.05) is 5.73 Å². The van der Waals surface area contributed by atoms with Crippen molar-refractivity contribution in [3.63, 3.8) is 0 Å². The molecule has 0 heterocycles. The van der Waals surface area contributed by atoms with Crippen LogP contribution in [0.2, 0.25) is 5.02 Å². The van der Waals surface area contributed by atoms with E-state index in [0.717, 1.165) is 6.07 Å². The summed E-state index contributed by atoms with van der Waals surface area (Å²) in [4.78, 5) is 0. The van der Waals surface area contributed by atoms with Crippen molar-refractivity contribution in [1.29, 1.82) is 5.26 Å². The third-order valence-corrected chi connectivity index (χ3v) is 1.74. The van der Waals surface area contributed by atoms with Gasteiger partial charge in [-0.3, -0.25) is 0 Å². The van der Waals surface area contributed by atoms with E-state index >= 15 is 0 Å². The van der Waals surface area contributed by atoms with Crippen molar-refractivity contribution in [2.45, 2.75) is 6.42 Å². The lowest BCUT2D eigenvalue weighted by Crippen LogP contribution is -1.94. The van der Waals surface area contributed by atoms with Crippen LogP contribution in [0.1, 0.15) is 5.56 Å². The number of hydrogen-bond donors (Lipinski definition) is 1. The molecule has 1 aromatic carbocycles. The Morgan fingerprint density at radius 1 is 1.58 bits per heavy atom. The lowest BCUT2D eigenvalue weighted by molar-refractivity contribution is 0.628. The lowest BCUT2D eigenvalue weighted by Gasteiger charge is -2.02. The summed E-state index contributed by atoms with van der Waals surface area (Å²) in [5.41, 5.74) is 6.25. The number of nitrogens with zero attached hydrogens (tertiary/aromatic N) is 1. The predicted molar refractivity (Wildman–Crippen MR) is 45.1 cm³/mol. The molecule has 1 rings (SSSR count). The average molecular weight is 185 g/mol. The standard InChI is InChI=1S/C8H6ClFN2/c9-6-3-5(1-2-11)8(12)4-7(6)10/h3-4H,1,12H2. The topological polar surface area (TPSA) is 49.8 Å². The summed E-state index contributed by atoms with van der Waals surface area (Å²) in [6.45, 7) is 0. The number of nitriles is 1. The van der Waals surface area contributed by atoms with E-state index in [1.807, 2.05) is 6.07 Å². The van der Waals surface area contributed by atoms with Gasteiger partial charge in [-0.25, -0.2) is 4.39 Å². The van der Waals surface area contributed by atoms with Gasteiger partial charge in [-0.2, -0.15) is 5.26 Å². The largest absolute Gasteiger partial charge is 0.398 e. The maximum atomic E-state index is 12.7. The molecule has 0 aliphatic heterocycles. The molecule has 0 aliphatic carbocycles. The Bertz CT molecular complexity index is 344. The first-order chi connectivity index (χ1) is 5.65. The molecule has 0 aromatic heterocycles. The number of rotatable bonds is 1. The van der Waals surface area contributed by atoms with Gasteiger partial charge in [-0.15, -0.1) is 0 Å². The van der Waals surface area contributed by atoms with Gasteiger partial charge in [-0.05, 0) is 17.7 Å². The third-order valence-electron chi connectivity index (χ3n) is 1.45. The van der Waals surface area contributed by atoms with Gasteiger partial charge >= 0.3 is 0 Å². The van der Waals surface area contributed by atoms with Crippen LogP contribution in [0, 0.1) is 17.1 Å². The molecule has 0 bridgehead atoms. The zero-order valence-corrected chi connectivity index (χ0v) is 6.90. The second-order valence-corrected chi connectivity index (χ2v) is 2.71. The molecule has 0 amide bonds. The van der Waals surface area contributed by atoms with Crippen molar-refractivity contribution in [3.05, 3.63) is 28.5 Å². The smallest absolute Gasteiger partial charge is 0.143 e. The van der Waals surface area contributed by atoms with E-state index in [1.54, 1.807) is 0 Å². The van der Waals surface area contributed by atoms with Crippen molar-refractivity contribution >= 4 is 17.3 Å². The first-order valence-corrected chi connectivity index (χ1v) is 3.63. The Hall–Kier alpha value is -1.27. The minimum Gasteiger partial charge on any atom is -0.398 e. The Morgan fingerprint density at radius 2 is 2.25 bits per heavy atom. The summed E-state index contributed by atoms with van der Waals surface area (Å²) in [6, 6.07) is 4.40. The molecule has 2 nitrogen and oxygen atoms in total. The summed E-state index contributed by atoms with van der Waals surface area (Å²) in [5.74, 6) is -0.559. The minimum atomic E-state index is -0.559. The van der Waals surface area contributed by atoms with Gasteiger partial charge in [-0.1, -0.05) is 11.6 Å². The summed E-state index contributed by atoms with van der Waals surface area (Å²) in [7, 11) is 0. The Kier molecular flexibility index (Phi) is 2.51. The molecule has 0 unspecified atom stereocenters. The number of anilines is 1. The molecule has 1 aromatic rings. The normalized spacial score (nSPS) is 9.42. The summed E-state index contributed by atoms with van der Waals surface area (Å²) >= 11 is 5.48. The molecule has 0 saturated heterocycles. The van der Waals surface area contributed by atoms with Gasteiger partial charge in [0, 0.05) is 5.69 Å². The number of hydrogen-bond acceptors (Lipinski definition) is 2. The van der Waals surface area contributed by atoms with Crippen LogP contribution in [0.15, 0.2) is 12.1 Å². The van der Waals surface area contributed by atoms with E-state index in [4.69, 9.17) is 22.6 Å². The van der Waals surface area contributed by atoms with Crippen molar-refractivity contribution < 1.29 is 4.39 Å². The van der Waals surface area contributed by atoms with Crippen LogP contribution in [0.3, 0.4) is 0 Å². The molecule has 0 atom stereocenters. The van der Waals surface area contributed by atoms with E-state index in [0.29, 0.717) is 5.56 Å². The van der Waals surface area contributed by atoms with Gasteiger partial charge in [0.1, 0.15) is 5.82 Å². The maximum Gasteiger partial charge on any atom is 0.143 e. The van der Waals surface area contributed by atoms with Crippen LogP contribution >= 0.6 is 11.6 Å². The minimum absolute atomic E-state index is 0.00514. The fourth-order valence-corrected chi connectivity index (χ4v) is 1.03. The van der Waals surface area contributed by atoms with Crippen LogP contribution in [0.5, 0.6) is 0 Å². The maximum absolute atomic E-state index is 12.7. The molecule has 62 valence electrons. The van der Waals surface area contributed by atoms with E-state index in [2.05, 4.69) is 0 Å². The molecule has 0 saturated carbocycles. The van der Waals surface area contributed by atoms with Gasteiger partial charge in [0.05, 0.1) is 17.5 Å². The average Bonchev–Trinajstić information content (AvgIpc) is 2.01. The molecule has 12 heavy (non-hydrogen) atoms. The SMILES string of the molecule is N#CCc1cc(Cl)c(F)cc1N. The number of benzene rings is 1. The fourth-order valence-electron chi connectivity index (χ4n) is 0.842. The Balaban J connectivity index is 3.16. The van der Waals surface area contributed by atoms with Crippen LogP contribution < -0.4 is 5.73 Å². The van der Waals surface area contributed by atoms with Crippen LogP contribution in [0.4, 0.5) is 10.1 Å². The molecule has 4 heteroatoms. The highest BCUT2D eigenvalue weighted by atomic mass is 35.5. The van der Waals surface area contributed by atoms with Gasteiger partial charge in [0.25, 0.3) is 0 Å². The van der Waals surface area contributed by atoms with E-state index in [1.165, 1.54) is 6.07 Å². The fraction of sp³-hybridized carbons (Fsp3) is 0.125. The molecule has 0 radical (unpaired) electrons. The zero-order chi connectivity index (χ0) is 9.14. The molecular formula is C8H6ClFN2. The van der Waals surface area contributed by atoms with Crippen molar-refractivity contribution in [3.8, 4) is 6.07 Å². The summed E-state index contributed by atoms with van der Waals surface area (Å²) in [6.07, 6.45) is 0.145.